The number of aliphatic carboxylic acids is 1. The van der Waals surface area contributed by atoms with Crippen molar-refractivity contribution in [2.24, 2.45) is 0 Å². The molecule has 6 heavy (non-hydrogen) atoms. The molecule has 0 bridgehead atoms. The van der Waals surface area contributed by atoms with Gasteiger partial charge in [0, 0.05) is 19.5 Å². The molecule has 0 spiro atoms. The summed E-state index contributed by atoms with van der Waals surface area (Å²) < 4.78 is 0. The van der Waals surface area contributed by atoms with Crippen molar-refractivity contribution in [3.05, 3.63) is 0 Å². The third-order valence-corrected chi connectivity index (χ3v) is 0.101. The molecule has 0 aliphatic rings. The maximum absolute atomic E-state index is 9.00. The van der Waals surface area contributed by atoms with Crippen LogP contribution >= 0.6 is 0 Å². The number of carboxylic acids is 1. The summed E-state index contributed by atoms with van der Waals surface area (Å²) in [6.45, 7) is 0. The Kier molecular flexibility index (Phi) is 7.33. The smallest absolute Gasteiger partial charge is 0.368 e. The van der Waals surface area contributed by atoms with Crippen LogP contribution in [0.1, 0.15) is 0 Å². The van der Waals surface area contributed by atoms with Crippen molar-refractivity contribution in [1.82, 2.24) is 0 Å². The van der Waals surface area contributed by atoms with E-state index in [4.69, 9.17) is 14.7 Å². The normalized spacial score (nSPS) is 5.33. The molecule has 0 aromatic heterocycles. The van der Waals surface area contributed by atoms with Crippen LogP contribution < -0.4 is 0 Å². The second-order valence-corrected chi connectivity index (χ2v) is 0.456. The van der Waals surface area contributed by atoms with Crippen molar-refractivity contribution < 1.29 is 34.2 Å². The third kappa shape index (κ3) is 9.24. The molecule has 0 aromatic rings. The second kappa shape index (κ2) is 4.76. The Morgan fingerprint density at radius 1 is 1.67 bits per heavy atom. The van der Waals surface area contributed by atoms with Gasteiger partial charge in [-0.3, -0.25) is 4.79 Å². The van der Waals surface area contributed by atoms with Crippen LogP contribution in [0.25, 0.3) is 0 Å². The molecule has 1 N–H and O–H groups in total. The molecule has 0 atom stereocenters. The minimum Gasteiger partial charge on any atom is -0.476 e. The Bertz CT molecular complexity index is 59.8. The zero-order valence-electron chi connectivity index (χ0n) is 2.67. The number of carboxylic acid groups (broad SMARTS) is 1. The SMILES string of the molecule is O=CC(=O)O.[Rh]. The monoisotopic (exact) mass is 177 g/mol. The van der Waals surface area contributed by atoms with Gasteiger partial charge in [0.25, 0.3) is 0 Å². The van der Waals surface area contributed by atoms with Gasteiger partial charge in [0.15, 0.2) is 0 Å². The summed E-state index contributed by atoms with van der Waals surface area (Å²) in [6.07, 6.45) is -0.167. The number of carbonyl (C=O) groups is 2. The van der Waals surface area contributed by atoms with Crippen LogP contribution in [0, 0.1) is 0 Å². The minimum absolute atomic E-state index is 0. The molecule has 37 valence electrons. The molecule has 0 heterocycles. The summed E-state index contributed by atoms with van der Waals surface area (Å²) in [7, 11) is 0. The van der Waals surface area contributed by atoms with Crippen molar-refractivity contribution in [2.75, 3.05) is 0 Å². The van der Waals surface area contributed by atoms with Gasteiger partial charge in [0.2, 0.25) is 6.29 Å². The molecule has 0 aromatic carbocycles. The van der Waals surface area contributed by atoms with E-state index in [0.717, 1.165) is 0 Å². The van der Waals surface area contributed by atoms with E-state index in [-0.39, 0.29) is 25.8 Å². The molecule has 0 unspecified atom stereocenters. The molecular weight excluding hydrogens is 175 g/mol. The average molecular weight is 177 g/mol. The van der Waals surface area contributed by atoms with Gasteiger partial charge in [-0.25, -0.2) is 4.79 Å². The first-order chi connectivity index (χ1) is 2.27. The van der Waals surface area contributed by atoms with E-state index in [1.807, 2.05) is 0 Å². The van der Waals surface area contributed by atoms with Gasteiger partial charge in [-0.15, -0.1) is 0 Å². The molecule has 0 saturated heterocycles. The Labute approximate surface area is 47.1 Å². The standard InChI is InChI=1S/C2H2O3.Rh/c3-1-2(4)5;/h1H,(H,4,5);. The summed E-state index contributed by atoms with van der Waals surface area (Å²) in [5.74, 6) is -1.43. The van der Waals surface area contributed by atoms with Gasteiger partial charge >= 0.3 is 5.97 Å². The van der Waals surface area contributed by atoms with Crippen LogP contribution in [-0.4, -0.2) is 17.4 Å². The fourth-order valence-electron chi connectivity index (χ4n) is 0. The summed E-state index contributed by atoms with van der Waals surface area (Å²) in [5, 5.41) is 7.35. The molecule has 0 aliphatic carbocycles. The number of aldehydes is 1. The molecule has 3 nitrogen and oxygen atoms in total. The summed E-state index contributed by atoms with van der Waals surface area (Å²) >= 11 is 0. The third-order valence-electron chi connectivity index (χ3n) is 0.101. The van der Waals surface area contributed by atoms with Crippen LogP contribution in [0.4, 0.5) is 0 Å². The molecule has 0 saturated carbocycles. The first-order valence-corrected chi connectivity index (χ1v) is 0.952. The predicted octanol–water partition coefficient (Wildman–Crippen LogP) is -0.733. The van der Waals surface area contributed by atoms with Crippen molar-refractivity contribution >= 4 is 12.3 Å². The van der Waals surface area contributed by atoms with E-state index in [1.165, 1.54) is 0 Å². The van der Waals surface area contributed by atoms with Crippen LogP contribution in [0.3, 0.4) is 0 Å². The Morgan fingerprint density at radius 2 is 1.83 bits per heavy atom. The van der Waals surface area contributed by atoms with Gasteiger partial charge in [0.1, 0.15) is 0 Å². The van der Waals surface area contributed by atoms with Crippen molar-refractivity contribution in [3.63, 3.8) is 0 Å². The van der Waals surface area contributed by atoms with E-state index < -0.39 is 5.97 Å². The van der Waals surface area contributed by atoms with Crippen LogP contribution in [0.5, 0.6) is 0 Å². The van der Waals surface area contributed by atoms with Crippen LogP contribution in [-0.2, 0) is 29.1 Å². The van der Waals surface area contributed by atoms with E-state index in [0.29, 0.717) is 0 Å². The Morgan fingerprint density at radius 3 is 1.83 bits per heavy atom. The molecule has 1 radical (unpaired) electrons. The molecule has 4 heteroatoms. The fourth-order valence-corrected chi connectivity index (χ4v) is 0. The zero-order chi connectivity index (χ0) is 4.28. The molecule has 0 rings (SSSR count). The summed E-state index contributed by atoms with van der Waals surface area (Å²) in [4.78, 5) is 17.9. The minimum atomic E-state index is -1.43. The second-order valence-electron chi connectivity index (χ2n) is 0.456. The quantitative estimate of drug-likeness (QED) is 0.326. The van der Waals surface area contributed by atoms with E-state index in [9.17, 15) is 0 Å². The maximum atomic E-state index is 9.00. The van der Waals surface area contributed by atoms with Crippen molar-refractivity contribution in [2.45, 2.75) is 0 Å². The Hall–Kier alpha value is -0.237. The van der Waals surface area contributed by atoms with Crippen molar-refractivity contribution in [1.29, 1.82) is 0 Å². The first kappa shape index (κ1) is 9.23. The average Bonchev–Trinajstić information content (AvgIpc) is 1.38. The number of hydrogen-bond donors (Lipinski definition) is 1. The predicted molar refractivity (Wildman–Crippen MR) is 13.7 cm³/mol. The summed E-state index contributed by atoms with van der Waals surface area (Å²) in [6, 6.07) is 0. The topological polar surface area (TPSA) is 54.4 Å². The summed E-state index contributed by atoms with van der Waals surface area (Å²) in [5.41, 5.74) is 0. The van der Waals surface area contributed by atoms with E-state index in [1.54, 1.807) is 0 Å². The van der Waals surface area contributed by atoms with Gasteiger partial charge in [0.05, 0.1) is 0 Å². The van der Waals surface area contributed by atoms with Crippen LogP contribution in [0.2, 0.25) is 0 Å². The van der Waals surface area contributed by atoms with Gasteiger partial charge < -0.3 is 5.11 Å². The van der Waals surface area contributed by atoms with Crippen LogP contribution in [0.15, 0.2) is 0 Å². The first-order valence-electron chi connectivity index (χ1n) is 0.952. The number of rotatable bonds is 1. The Balaban J connectivity index is 0. The van der Waals surface area contributed by atoms with Gasteiger partial charge in [-0.1, -0.05) is 0 Å². The van der Waals surface area contributed by atoms with Crippen molar-refractivity contribution in [3.8, 4) is 0 Å². The van der Waals surface area contributed by atoms with Gasteiger partial charge in [-0.2, -0.15) is 0 Å². The zero-order valence-corrected chi connectivity index (χ0v) is 4.31. The molecule has 0 aliphatic heterocycles. The fraction of sp³-hybridized carbons (Fsp3) is 0. The van der Waals surface area contributed by atoms with E-state index in [2.05, 4.69) is 0 Å². The maximum Gasteiger partial charge on any atom is 0.368 e. The van der Waals surface area contributed by atoms with Gasteiger partial charge in [-0.05, 0) is 0 Å². The number of carbonyl (C=O) groups excluding carboxylic acids is 1. The molecular formula is C2H2O3Rh. The molecule has 0 amide bonds. The largest absolute Gasteiger partial charge is 0.476 e. The van der Waals surface area contributed by atoms with E-state index >= 15 is 0 Å². The molecule has 0 fully saturated rings. The number of hydrogen-bond acceptors (Lipinski definition) is 2.